The van der Waals surface area contributed by atoms with E-state index in [1.807, 2.05) is 30.5 Å². The number of amides is 1. The number of carboxylic acid groups (broad SMARTS) is 1. The van der Waals surface area contributed by atoms with Crippen molar-refractivity contribution in [2.75, 3.05) is 39.5 Å². The van der Waals surface area contributed by atoms with E-state index in [-0.39, 0.29) is 11.5 Å². The quantitative estimate of drug-likeness (QED) is 0.125. The van der Waals surface area contributed by atoms with Crippen molar-refractivity contribution in [3.63, 3.8) is 0 Å². The van der Waals surface area contributed by atoms with Gasteiger partial charge in [0.1, 0.15) is 10.1 Å². The van der Waals surface area contributed by atoms with Crippen molar-refractivity contribution < 1.29 is 24.2 Å². The van der Waals surface area contributed by atoms with Crippen LogP contribution in [0.15, 0.2) is 71.1 Å². The molecule has 0 unspecified atom stereocenters. The summed E-state index contributed by atoms with van der Waals surface area (Å²) in [6, 6.07) is 17.2. The van der Waals surface area contributed by atoms with Crippen LogP contribution in [-0.4, -0.2) is 75.5 Å². The number of fused-ring (bicyclic) bond motifs is 1. The highest BCUT2D eigenvalue weighted by Gasteiger charge is 2.31. The normalized spacial score (nSPS) is 16.8. The molecule has 4 aromatic rings. The van der Waals surface area contributed by atoms with E-state index in [1.165, 1.54) is 11.8 Å². The lowest BCUT2D eigenvalue weighted by Crippen LogP contribution is -2.35. The molecule has 2 fully saturated rings. The number of morpholine rings is 1. The summed E-state index contributed by atoms with van der Waals surface area (Å²) in [5, 5.41) is 12.6. The molecule has 11 heteroatoms. The third-order valence-corrected chi connectivity index (χ3v) is 9.54. The van der Waals surface area contributed by atoms with Gasteiger partial charge in [-0.25, -0.2) is 4.79 Å². The lowest BCUT2D eigenvalue weighted by Gasteiger charge is -2.27. The molecule has 8 nitrogen and oxygen atoms in total. The molecule has 0 saturated carbocycles. The smallest absolute Gasteiger partial charge is 0.335 e. The van der Waals surface area contributed by atoms with Crippen LogP contribution in [0.4, 0.5) is 0 Å². The molecular weight excluding hydrogens is 603 g/mol. The van der Waals surface area contributed by atoms with Crippen LogP contribution in [0.5, 0.6) is 5.75 Å². The number of carboxylic acids is 1. The maximum Gasteiger partial charge on any atom is 0.335 e. The zero-order valence-electron chi connectivity index (χ0n) is 23.2. The Kier molecular flexibility index (Phi) is 9.15. The number of aromatic nitrogens is 1. The van der Waals surface area contributed by atoms with Crippen molar-refractivity contribution >= 4 is 68.5 Å². The highest BCUT2D eigenvalue weighted by molar-refractivity contribution is 8.26. The van der Waals surface area contributed by atoms with E-state index in [2.05, 4.69) is 33.5 Å². The molecule has 1 amide bonds. The van der Waals surface area contributed by atoms with Gasteiger partial charge in [-0.2, -0.15) is 0 Å². The van der Waals surface area contributed by atoms with E-state index in [9.17, 15) is 14.7 Å². The van der Waals surface area contributed by atoms with Gasteiger partial charge in [0.25, 0.3) is 5.91 Å². The molecule has 6 rings (SSSR count). The molecular formula is C32H29N3O5S3. The summed E-state index contributed by atoms with van der Waals surface area (Å²) >= 11 is 8.43. The summed E-state index contributed by atoms with van der Waals surface area (Å²) in [5.74, 6) is -0.422. The fraction of sp³-hybridized carbons (Fsp3) is 0.250. The first-order valence-corrected chi connectivity index (χ1v) is 16.0. The number of hydrogen-bond acceptors (Lipinski definition) is 9. The van der Waals surface area contributed by atoms with Crippen LogP contribution in [0.25, 0.3) is 28.1 Å². The molecule has 0 radical (unpaired) electrons. The minimum atomic E-state index is -0.971. The van der Waals surface area contributed by atoms with Gasteiger partial charge in [-0.3, -0.25) is 19.6 Å². The van der Waals surface area contributed by atoms with Crippen LogP contribution < -0.4 is 4.74 Å². The number of carbonyl (C=O) groups is 2. The highest BCUT2D eigenvalue weighted by atomic mass is 32.2. The minimum Gasteiger partial charge on any atom is -0.493 e. The molecule has 2 saturated heterocycles. The first kappa shape index (κ1) is 29.5. The maximum atomic E-state index is 13.2. The molecule has 4 heterocycles. The van der Waals surface area contributed by atoms with Crippen molar-refractivity contribution in [2.45, 2.75) is 13.0 Å². The lowest BCUT2D eigenvalue weighted by atomic mass is 10.1. The second-order valence-electron chi connectivity index (χ2n) is 10.2. The molecule has 2 aliphatic heterocycles. The molecule has 220 valence electrons. The summed E-state index contributed by atoms with van der Waals surface area (Å²) in [4.78, 5) is 34.8. The van der Waals surface area contributed by atoms with Gasteiger partial charge in [-0.1, -0.05) is 42.2 Å². The van der Waals surface area contributed by atoms with E-state index in [0.717, 1.165) is 45.6 Å². The molecule has 0 spiro atoms. The fourth-order valence-electron chi connectivity index (χ4n) is 5.01. The van der Waals surface area contributed by atoms with E-state index >= 15 is 0 Å². The Morgan fingerprint density at radius 3 is 2.79 bits per heavy atom. The number of carbonyl (C=O) groups excluding carboxylic acids is 1. The molecule has 2 aromatic carbocycles. The number of benzene rings is 2. The Hall–Kier alpha value is -3.61. The van der Waals surface area contributed by atoms with E-state index < -0.39 is 5.97 Å². The molecule has 2 aliphatic rings. The van der Waals surface area contributed by atoms with Crippen molar-refractivity contribution in [3.05, 3.63) is 87.1 Å². The summed E-state index contributed by atoms with van der Waals surface area (Å²) in [6.07, 6.45) is 4.36. The van der Waals surface area contributed by atoms with Crippen molar-refractivity contribution in [3.8, 4) is 16.9 Å². The van der Waals surface area contributed by atoms with Crippen molar-refractivity contribution in [2.24, 2.45) is 0 Å². The van der Waals surface area contributed by atoms with Gasteiger partial charge in [0.15, 0.2) is 0 Å². The summed E-state index contributed by atoms with van der Waals surface area (Å²) in [5.41, 5.74) is 4.11. The topological polar surface area (TPSA) is 92.2 Å². The van der Waals surface area contributed by atoms with Crippen LogP contribution in [0.2, 0.25) is 0 Å². The number of nitrogens with zero attached hydrogens (tertiary/aromatic N) is 3. The molecule has 1 N–H and O–H groups in total. The Labute approximate surface area is 262 Å². The Morgan fingerprint density at radius 1 is 1.12 bits per heavy atom. The van der Waals surface area contributed by atoms with E-state index in [4.69, 9.17) is 21.7 Å². The fourth-order valence-corrected chi connectivity index (χ4v) is 7.23. The third kappa shape index (κ3) is 6.97. The van der Waals surface area contributed by atoms with E-state index in [1.54, 1.807) is 34.4 Å². The molecule has 2 aromatic heterocycles. The van der Waals surface area contributed by atoms with Gasteiger partial charge in [0.2, 0.25) is 0 Å². The second-order valence-corrected chi connectivity index (χ2v) is 12.8. The lowest BCUT2D eigenvalue weighted by molar-refractivity contribution is -0.122. The standard InChI is InChI=1S/C32H29N3O5S3/c36-30-29(17-26-16-25(20-42-26)23-14-21-4-1-2-5-27(21)33-18-23)43-32(41)35(30)8-3-11-40-28-7-6-22(31(37)38)15-24(28)19-34-9-12-39-13-10-34/h1-2,4-7,14-18,20H,3,8-13,19H2,(H,37,38). The molecule has 0 atom stereocenters. The van der Waals surface area contributed by atoms with Crippen LogP contribution in [-0.2, 0) is 16.1 Å². The monoisotopic (exact) mass is 631 g/mol. The SMILES string of the molecule is O=C(O)c1ccc(OCCCN2C(=O)C(=Cc3cc(-c4cnc5ccccc5c4)cs3)SC2=S)c(CN2CCOCC2)c1. The number of thiocarbonyl (C=S) groups is 1. The molecule has 43 heavy (non-hydrogen) atoms. The van der Waals surface area contributed by atoms with Gasteiger partial charge >= 0.3 is 5.97 Å². The van der Waals surface area contributed by atoms with Crippen LogP contribution >= 0.6 is 35.3 Å². The number of aromatic carboxylic acids is 1. The van der Waals surface area contributed by atoms with Crippen LogP contribution in [0.1, 0.15) is 27.2 Å². The van der Waals surface area contributed by atoms with Crippen LogP contribution in [0.3, 0.4) is 0 Å². The Bertz CT molecular complexity index is 1710. The number of thiophene rings is 1. The van der Waals surface area contributed by atoms with Gasteiger partial charge < -0.3 is 14.6 Å². The van der Waals surface area contributed by atoms with Gasteiger partial charge in [0.05, 0.1) is 35.8 Å². The number of ether oxygens (including phenoxy) is 2. The number of para-hydroxylation sites is 1. The predicted molar refractivity (Wildman–Crippen MR) is 175 cm³/mol. The molecule has 0 bridgehead atoms. The molecule has 0 aliphatic carbocycles. The van der Waals surface area contributed by atoms with Crippen molar-refractivity contribution in [1.82, 2.24) is 14.8 Å². The Morgan fingerprint density at radius 2 is 1.95 bits per heavy atom. The number of hydrogen-bond donors (Lipinski definition) is 1. The Balaban J connectivity index is 1.06. The van der Waals surface area contributed by atoms with Crippen LogP contribution in [0, 0.1) is 0 Å². The minimum absolute atomic E-state index is 0.101. The van der Waals surface area contributed by atoms with Crippen molar-refractivity contribution in [1.29, 1.82) is 0 Å². The summed E-state index contributed by atoms with van der Waals surface area (Å²) < 4.78 is 12.0. The average Bonchev–Trinajstić information content (AvgIpc) is 3.59. The number of rotatable bonds is 10. The second kappa shape index (κ2) is 13.4. The zero-order valence-corrected chi connectivity index (χ0v) is 25.7. The summed E-state index contributed by atoms with van der Waals surface area (Å²) in [7, 11) is 0. The van der Waals surface area contributed by atoms with Gasteiger partial charge in [-0.05, 0) is 59.8 Å². The zero-order chi connectivity index (χ0) is 29.8. The largest absolute Gasteiger partial charge is 0.493 e. The first-order valence-electron chi connectivity index (χ1n) is 13.9. The summed E-state index contributed by atoms with van der Waals surface area (Å²) in [6.45, 7) is 4.27. The number of pyridine rings is 1. The average molecular weight is 632 g/mol. The highest BCUT2D eigenvalue weighted by Crippen LogP contribution is 2.35. The van der Waals surface area contributed by atoms with Gasteiger partial charge in [0, 0.05) is 53.8 Å². The van der Waals surface area contributed by atoms with Gasteiger partial charge in [-0.15, -0.1) is 11.3 Å². The maximum absolute atomic E-state index is 13.2. The predicted octanol–water partition coefficient (Wildman–Crippen LogP) is 6.16. The number of thioether (sulfide) groups is 1. The van der Waals surface area contributed by atoms with E-state index in [0.29, 0.717) is 54.3 Å². The first-order chi connectivity index (χ1) is 20.9. The third-order valence-electron chi connectivity index (χ3n) is 7.28.